The number of rotatable bonds is 7. The second kappa shape index (κ2) is 8.76. The molecule has 2 aromatic rings. The van der Waals surface area contributed by atoms with Crippen molar-refractivity contribution < 1.29 is 9.59 Å². The van der Waals surface area contributed by atoms with E-state index in [-0.39, 0.29) is 29.7 Å². The van der Waals surface area contributed by atoms with Gasteiger partial charge in [0, 0.05) is 31.7 Å². The van der Waals surface area contributed by atoms with Crippen LogP contribution in [0.15, 0.2) is 29.3 Å². The van der Waals surface area contributed by atoms with Crippen molar-refractivity contribution in [1.82, 2.24) is 14.5 Å². The number of aryl methyl sites for hydroxylation is 1. The van der Waals surface area contributed by atoms with Crippen molar-refractivity contribution >= 4 is 28.4 Å². The molecule has 2 heterocycles. The SMILES string of the molecule is CC(C)CCn1cnc2ccc(NC(=O)[C@H]3CC(=O)N(CC(C)C)C3)cc2c1=O. The monoisotopic (exact) mass is 398 g/mol. The summed E-state index contributed by atoms with van der Waals surface area (Å²) in [5, 5.41) is 3.36. The van der Waals surface area contributed by atoms with Crippen molar-refractivity contribution in [2.45, 2.75) is 47.1 Å². The topological polar surface area (TPSA) is 84.3 Å². The molecule has 0 unspecified atom stereocenters. The van der Waals surface area contributed by atoms with Crippen LogP contribution in [0.3, 0.4) is 0 Å². The number of likely N-dealkylation sites (tertiary alicyclic amines) is 1. The Balaban J connectivity index is 1.75. The van der Waals surface area contributed by atoms with Crippen molar-refractivity contribution in [1.29, 1.82) is 0 Å². The van der Waals surface area contributed by atoms with Gasteiger partial charge in [0.2, 0.25) is 11.8 Å². The summed E-state index contributed by atoms with van der Waals surface area (Å²) in [7, 11) is 0. The normalized spacial score (nSPS) is 17.0. The Morgan fingerprint density at radius 1 is 1.21 bits per heavy atom. The van der Waals surface area contributed by atoms with E-state index in [1.165, 1.54) is 0 Å². The van der Waals surface area contributed by atoms with Crippen molar-refractivity contribution in [3.05, 3.63) is 34.9 Å². The Morgan fingerprint density at radius 2 is 1.97 bits per heavy atom. The highest BCUT2D eigenvalue weighted by Crippen LogP contribution is 2.22. The third kappa shape index (κ3) is 5.02. The number of hydrogen-bond acceptors (Lipinski definition) is 4. The van der Waals surface area contributed by atoms with Crippen LogP contribution in [-0.2, 0) is 16.1 Å². The summed E-state index contributed by atoms with van der Waals surface area (Å²) < 4.78 is 1.62. The minimum atomic E-state index is -0.367. The number of anilines is 1. The Labute approximate surface area is 171 Å². The number of nitrogens with one attached hydrogen (secondary N) is 1. The Kier molecular flexibility index (Phi) is 6.35. The Morgan fingerprint density at radius 3 is 2.66 bits per heavy atom. The van der Waals surface area contributed by atoms with E-state index in [0.717, 1.165) is 6.42 Å². The van der Waals surface area contributed by atoms with Gasteiger partial charge >= 0.3 is 0 Å². The van der Waals surface area contributed by atoms with Crippen LogP contribution < -0.4 is 10.9 Å². The summed E-state index contributed by atoms with van der Waals surface area (Å²) in [6, 6.07) is 5.16. The zero-order chi connectivity index (χ0) is 21.1. The van der Waals surface area contributed by atoms with Crippen molar-refractivity contribution in [3.8, 4) is 0 Å². The van der Waals surface area contributed by atoms with Crippen molar-refractivity contribution in [3.63, 3.8) is 0 Å². The minimum Gasteiger partial charge on any atom is -0.342 e. The first-order valence-corrected chi connectivity index (χ1v) is 10.3. The van der Waals surface area contributed by atoms with E-state index >= 15 is 0 Å². The van der Waals surface area contributed by atoms with Gasteiger partial charge in [-0.1, -0.05) is 27.7 Å². The molecule has 0 aliphatic carbocycles. The van der Waals surface area contributed by atoms with Gasteiger partial charge < -0.3 is 10.2 Å². The summed E-state index contributed by atoms with van der Waals surface area (Å²) >= 11 is 0. The van der Waals surface area contributed by atoms with Crippen LogP contribution in [0, 0.1) is 17.8 Å². The number of hydrogen-bond donors (Lipinski definition) is 1. The molecule has 7 nitrogen and oxygen atoms in total. The molecular formula is C22H30N4O3. The van der Waals surface area contributed by atoms with Gasteiger partial charge in [0.15, 0.2) is 0 Å². The predicted octanol–water partition coefficient (Wildman–Crippen LogP) is 2.89. The third-order valence-corrected chi connectivity index (χ3v) is 5.21. The number of aromatic nitrogens is 2. The fourth-order valence-corrected chi connectivity index (χ4v) is 3.60. The first kappa shape index (κ1) is 21.0. The van der Waals surface area contributed by atoms with Gasteiger partial charge in [-0.25, -0.2) is 4.98 Å². The fourth-order valence-electron chi connectivity index (χ4n) is 3.60. The molecule has 1 aliphatic rings. The maximum Gasteiger partial charge on any atom is 0.261 e. The maximum atomic E-state index is 12.8. The van der Waals surface area contributed by atoms with Crippen LogP contribution in [0.5, 0.6) is 0 Å². The quantitative estimate of drug-likeness (QED) is 0.777. The number of amides is 2. The lowest BCUT2D eigenvalue weighted by atomic mass is 10.1. The highest BCUT2D eigenvalue weighted by molar-refractivity contribution is 5.98. The van der Waals surface area contributed by atoms with Crippen molar-refractivity contribution in [2.24, 2.45) is 17.8 Å². The van der Waals surface area contributed by atoms with Gasteiger partial charge in [-0.05, 0) is 36.5 Å². The molecule has 1 fully saturated rings. The molecule has 156 valence electrons. The standard InChI is InChI=1S/C22H30N4O3/c1-14(2)7-8-25-13-23-19-6-5-17(10-18(19)22(25)29)24-21(28)16-9-20(27)26(12-16)11-15(3)4/h5-6,10,13-16H,7-9,11-12H2,1-4H3,(H,24,28)/t16-/m0/s1. The largest absolute Gasteiger partial charge is 0.342 e. The van der Waals surface area contributed by atoms with Gasteiger partial charge in [-0.2, -0.15) is 0 Å². The third-order valence-electron chi connectivity index (χ3n) is 5.21. The number of carbonyl (C=O) groups excluding carboxylic acids is 2. The maximum absolute atomic E-state index is 12.8. The summed E-state index contributed by atoms with van der Waals surface area (Å²) in [6.45, 7) is 10.1. The number of fused-ring (bicyclic) bond motifs is 1. The minimum absolute atomic E-state index is 0.0228. The highest BCUT2D eigenvalue weighted by Gasteiger charge is 2.34. The van der Waals surface area contributed by atoms with Crippen LogP contribution >= 0.6 is 0 Å². The van der Waals surface area contributed by atoms with E-state index in [9.17, 15) is 14.4 Å². The van der Waals surface area contributed by atoms with Gasteiger partial charge in [0.05, 0.1) is 23.1 Å². The number of nitrogens with zero attached hydrogens (tertiary/aromatic N) is 3. The average molecular weight is 399 g/mol. The van der Waals surface area contributed by atoms with E-state index < -0.39 is 0 Å². The molecule has 1 aromatic heterocycles. The van der Waals surface area contributed by atoms with Crippen LogP contribution in [0.25, 0.3) is 10.9 Å². The van der Waals surface area contributed by atoms with E-state index in [0.29, 0.717) is 48.1 Å². The Bertz CT molecular complexity index is 964. The van der Waals surface area contributed by atoms with Crippen LogP contribution in [0.1, 0.15) is 40.5 Å². The molecule has 1 N–H and O–H groups in total. The molecule has 2 amide bonds. The number of benzene rings is 1. The molecule has 7 heteroatoms. The molecular weight excluding hydrogens is 368 g/mol. The molecule has 0 bridgehead atoms. The molecule has 1 saturated heterocycles. The van der Waals surface area contributed by atoms with Crippen molar-refractivity contribution in [2.75, 3.05) is 18.4 Å². The Hall–Kier alpha value is -2.70. The first-order chi connectivity index (χ1) is 13.7. The van der Waals surface area contributed by atoms with E-state index in [4.69, 9.17) is 0 Å². The first-order valence-electron chi connectivity index (χ1n) is 10.3. The number of carbonyl (C=O) groups is 2. The molecule has 0 saturated carbocycles. The van der Waals surface area contributed by atoms with Crippen LogP contribution in [0.2, 0.25) is 0 Å². The lowest BCUT2D eigenvalue weighted by Gasteiger charge is -2.18. The average Bonchev–Trinajstić information content (AvgIpc) is 3.01. The fraction of sp³-hybridized carbons (Fsp3) is 0.545. The summed E-state index contributed by atoms with van der Waals surface area (Å²) in [5.74, 6) is 0.329. The molecule has 3 rings (SSSR count). The molecule has 29 heavy (non-hydrogen) atoms. The second-order valence-corrected chi connectivity index (χ2v) is 8.74. The van der Waals surface area contributed by atoms with E-state index in [1.807, 2.05) is 0 Å². The molecule has 0 radical (unpaired) electrons. The molecule has 1 atom stereocenters. The predicted molar refractivity (Wildman–Crippen MR) is 114 cm³/mol. The van der Waals surface area contributed by atoms with Gasteiger partial charge in [-0.3, -0.25) is 19.0 Å². The lowest BCUT2D eigenvalue weighted by molar-refractivity contribution is -0.128. The smallest absolute Gasteiger partial charge is 0.261 e. The van der Waals surface area contributed by atoms with Gasteiger partial charge in [0.25, 0.3) is 5.56 Å². The summed E-state index contributed by atoms with van der Waals surface area (Å²) in [5.41, 5.74) is 1.05. The van der Waals surface area contributed by atoms with Gasteiger partial charge in [-0.15, -0.1) is 0 Å². The summed E-state index contributed by atoms with van der Waals surface area (Å²) in [4.78, 5) is 43.7. The zero-order valence-electron chi connectivity index (χ0n) is 17.6. The van der Waals surface area contributed by atoms with Crippen LogP contribution in [0.4, 0.5) is 5.69 Å². The molecule has 0 spiro atoms. The lowest BCUT2D eigenvalue weighted by Crippen LogP contribution is -2.31. The van der Waals surface area contributed by atoms with Crippen LogP contribution in [-0.4, -0.2) is 39.4 Å². The summed E-state index contributed by atoms with van der Waals surface area (Å²) in [6.07, 6.45) is 2.71. The van der Waals surface area contributed by atoms with E-state index in [2.05, 4.69) is 38.0 Å². The van der Waals surface area contributed by atoms with Gasteiger partial charge in [0.1, 0.15) is 0 Å². The zero-order valence-corrected chi connectivity index (χ0v) is 17.6. The van der Waals surface area contributed by atoms with E-state index in [1.54, 1.807) is 34.0 Å². The highest BCUT2D eigenvalue weighted by atomic mass is 16.2. The molecule has 1 aliphatic heterocycles. The molecule has 1 aromatic carbocycles. The second-order valence-electron chi connectivity index (χ2n) is 8.74.